The molecule has 0 atom stereocenters. The zero-order valence-electron chi connectivity index (χ0n) is 16.3. The molecule has 7 heteroatoms. The van der Waals surface area contributed by atoms with Crippen molar-refractivity contribution in [3.05, 3.63) is 36.0 Å². The molecule has 1 aromatic carbocycles. The molecule has 27 heavy (non-hydrogen) atoms. The summed E-state index contributed by atoms with van der Waals surface area (Å²) in [5.74, 6) is 2.37. The minimum atomic E-state index is 0.0371. The first-order chi connectivity index (χ1) is 13.1. The van der Waals surface area contributed by atoms with E-state index in [4.69, 9.17) is 9.26 Å². The molecule has 146 valence electrons. The van der Waals surface area contributed by atoms with E-state index in [2.05, 4.69) is 26.4 Å². The van der Waals surface area contributed by atoms with Crippen LogP contribution < -0.4 is 15.0 Å². The fourth-order valence-corrected chi connectivity index (χ4v) is 3.28. The van der Waals surface area contributed by atoms with Gasteiger partial charge in [-0.3, -0.25) is 4.79 Å². The van der Waals surface area contributed by atoms with Crippen molar-refractivity contribution < 1.29 is 14.1 Å². The maximum Gasteiger partial charge on any atom is 0.227 e. The minimum absolute atomic E-state index is 0.0371. The molecule has 1 aromatic heterocycles. The second kappa shape index (κ2) is 8.88. The summed E-state index contributed by atoms with van der Waals surface area (Å²) in [4.78, 5) is 18.9. The molecule has 0 aliphatic carbocycles. The standard InChI is InChI=1S/C20H28N4O3/c1-14(2)20-22-19(27-23-20)9-8-18(25)21-15-10-12-24(13-11-15)16-6-4-5-7-17(16)26-3/h4-7,14-15H,8-13H2,1-3H3,(H,21,25). The summed E-state index contributed by atoms with van der Waals surface area (Å²) in [6.07, 6.45) is 2.68. The van der Waals surface area contributed by atoms with Gasteiger partial charge in [0, 0.05) is 37.9 Å². The highest BCUT2D eigenvalue weighted by Crippen LogP contribution is 2.29. The van der Waals surface area contributed by atoms with E-state index in [0.29, 0.717) is 24.6 Å². The van der Waals surface area contributed by atoms with Crippen molar-refractivity contribution >= 4 is 11.6 Å². The molecule has 0 unspecified atom stereocenters. The summed E-state index contributed by atoms with van der Waals surface area (Å²) in [7, 11) is 1.69. The zero-order valence-corrected chi connectivity index (χ0v) is 16.3. The molecular weight excluding hydrogens is 344 g/mol. The summed E-state index contributed by atoms with van der Waals surface area (Å²) in [5, 5.41) is 7.06. The van der Waals surface area contributed by atoms with Crippen LogP contribution in [0.3, 0.4) is 0 Å². The van der Waals surface area contributed by atoms with Crippen LogP contribution in [0.2, 0.25) is 0 Å². The molecule has 0 saturated carbocycles. The lowest BCUT2D eigenvalue weighted by Crippen LogP contribution is -2.44. The van der Waals surface area contributed by atoms with E-state index in [1.807, 2.05) is 32.0 Å². The second-order valence-electron chi connectivity index (χ2n) is 7.20. The lowest BCUT2D eigenvalue weighted by atomic mass is 10.0. The van der Waals surface area contributed by atoms with Crippen LogP contribution in [0.25, 0.3) is 0 Å². The maximum absolute atomic E-state index is 12.2. The molecule has 2 aromatic rings. The largest absolute Gasteiger partial charge is 0.495 e. The summed E-state index contributed by atoms with van der Waals surface area (Å²) >= 11 is 0. The topological polar surface area (TPSA) is 80.5 Å². The Balaban J connectivity index is 1.44. The Morgan fingerprint density at radius 2 is 2.07 bits per heavy atom. The number of nitrogens with zero attached hydrogens (tertiary/aromatic N) is 3. The van der Waals surface area contributed by atoms with Gasteiger partial charge in [-0.05, 0) is 25.0 Å². The van der Waals surface area contributed by atoms with Gasteiger partial charge < -0.3 is 19.5 Å². The van der Waals surface area contributed by atoms with E-state index >= 15 is 0 Å². The van der Waals surface area contributed by atoms with Crippen LogP contribution in [-0.2, 0) is 11.2 Å². The molecule has 0 spiro atoms. The number of amides is 1. The third kappa shape index (κ3) is 4.99. The van der Waals surface area contributed by atoms with Crippen molar-refractivity contribution in [1.29, 1.82) is 0 Å². The Hall–Kier alpha value is -2.57. The smallest absolute Gasteiger partial charge is 0.227 e. The fraction of sp³-hybridized carbons (Fsp3) is 0.550. The number of carbonyl (C=O) groups excluding carboxylic acids is 1. The van der Waals surface area contributed by atoms with Gasteiger partial charge in [0.15, 0.2) is 5.82 Å². The number of hydrogen-bond acceptors (Lipinski definition) is 6. The lowest BCUT2D eigenvalue weighted by molar-refractivity contribution is -0.122. The van der Waals surface area contributed by atoms with E-state index in [9.17, 15) is 4.79 Å². The summed E-state index contributed by atoms with van der Waals surface area (Å²) in [5.41, 5.74) is 1.11. The fourth-order valence-electron chi connectivity index (χ4n) is 3.28. The Bertz CT molecular complexity index is 751. The van der Waals surface area contributed by atoms with Gasteiger partial charge in [-0.1, -0.05) is 31.1 Å². The van der Waals surface area contributed by atoms with E-state index in [-0.39, 0.29) is 17.9 Å². The number of benzene rings is 1. The third-order valence-corrected chi connectivity index (χ3v) is 4.85. The van der Waals surface area contributed by atoms with Crippen molar-refractivity contribution in [2.75, 3.05) is 25.1 Å². The molecule has 1 fully saturated rings. The minimum Gasteiger partial charge on any atom is -0.495 e. The second-order valence-corrected chi connectivity index (χ2v) is 7.20. The van der Waals surface area contributed by atoms with Crippen molar-refractivity contribution in [1.82, 2.24) is 15.5 Å². The first kappa shape index (κ1) is 19.2. The molecular formula is C20H28N4O3. The molecule has 1 amide bonds. The average molecular weight is 372 g/mol. The summed E-state index contributed by atoms with van der Waals surface area (Å²) in [6.45, 7) is 5.82. The number of carbonyl (C=O) groups is 1. The molecule has 1 aliphatic rings. The van der Waals surface area contributed by atoms with Gasteiger partial charge in [0.2, 0.25) is 11.8 Å². The Morgan fingerprint density at radius 1 is 1.33 bits per heavy atom. The highest BCUT2D eigenvalue weighted by Gasteiger charge is 2.22. The normalized spacial score (nSPS) is 15.2. The van der Waals surface area contributed by atoms with Gasteiger partial charge >= 0.3 is 0 Å². The van der Waals surface area contributed by atoms with Gasteiger partial charge in [0.25, 0.3) is 0 Å². The number of piperidine rings is 1. The van der Waals surface area contributed by atoms with E-state index in [1.165, 1.54) is 0 Å². The van der Waals surface area contributed by atoms with Crippen LogP contribution in [0.5, 0.6) is 5.75 Å². The monoisotopic (exact) mass is 372 g/mol. The number of anilines is 1. The first-order valence-corrected chi connectivity index (χ1v) is 9.56. The van der Waals surface area contributed by atoms with Gasteiger partial charge in [-0.25, -0.2) is 0 Å². The Kier molecular flexibility index (Phi) is 6.32. The number of aromatic nitrogens is 2. The van der Waals surface area contributed by atoms with Gasteiger partial charge in [-0.2, -0.15) is 4.98 Å². The van der Waals surface area contributed by atoms with Crippen molar-refractivity contribution in [2.24, 2.45) is 0 Å². The maximum atomic E-state index is 12.2. The van der Waals surface area contributed by atoms with Crippen molar-refractivity contribution in [3.8, 4) is 5.75 Å². The van der Waals surface area contributed by atoms with E-state index in [0.717, 1.165) is 37.4 Å². The van der Waals surface area contributed by atoms with Crippen molar-refractivity contribution in [3.63, 3.8) is 0 Å². The summed E-state index contributed by atoms with van der Waals surface area (Å²) < 4.78 is 10.6. The van der Waals surface area contributed by atoms with E-state index in [1.54, 1.807) is 7.11 Å². The van der Waals surface area contributed by atoms with Crippen LogP contribution in [0, 0.1) is 0 Å². The highest BCUT2D eigenvalue weighted by molar-refractivity contribution is 5.76. The summed E-state index contributed by atoms with van der Waals surface area (Å²) in [6, 6.07) is 8.26. The SMILES string of the molecule is COc1ccccc1N1CCC(NC(=O)CCc2nc(C(C)C)no2)CC1. The number of hydrogen-bond donors (Lipinski definition) is 1. The van der Waals surface area contributed by atoms with E-state index < -0.39 is 0 Å². The molecule has 0 bridgehead atoms. The van der Waals surface area contributed by atoms with Crippen LogP contribution >= 0.6 is 0 Å². The third-order valence-electron chi connectivity index (χ3n) is 4.85. The number of para-hydroxylation sites is 2. The number of ether oxygens (including phenoxy) is 1. The molecule has 2 heterocycles. The predicted molar refractivity (Wildman–Crippen MR) is 103 cm³/mol. The molecule has 3 rings (SSSR count). The molecule has 0 radical (unpaired) electrons. The van der Waals surface area contributed by atoms with Gasteiger partial charge in [0.1, 0.15) is 5.75 Å². The molecule has 1 N–H and O–H groups in total. The molecule has 1 aliphatic heterocycles. The number of nitrogens with one attached hydrogen (secondary N) is 1. The Labute approximate surface area is 160 Å². The molecule has 7 nitrogen and oxygen atoms in total. The van der Waals surface area contributed by atoms with Crippen LogP contribution in [0.15, 0.2) is 28.8 Å². The number of methoxy groups -OCH3 is 1. The van der Waals surface area contributed by atoms with Gasteiger partial charge in [-0.15, -0.1) is 0 Å². The predicted octanol–water partition coefficient (Wildman–Crippen LogP) is 2.92. The van der Waals surface area contributed by atoms with Crippen LogP contribution in [0.1, 0.15) is 50.7 Å². The Morgan fingerprint density at radius 3 is 2.74 bits per heavy atom. The van der Waals surface area contributed by atoms with Gasteiger partial charge in [0.05, 0.1) is 12.8 Å². The zero-order chi connectivity index (χ0) is 19.2. The lowest BCUT2D eigenvalue weighted by Gasteiger charge is -2.34. The number of rotatable bonds is 7. The quantitative estimate of drug-likeness (QED) is 0.805. The first-order valence-electron chi connectivity index (χ1n) is 9.56. The van der Waals surface area contributed by atoms with Crippen LogP contribution in [0.4, 0.5) is 5.69 Å². The molecule has 1 saturated heterocycles. The van der Waals surface area contributed by atoms with Crippen LogP contribution in [-0.4, -0.2) is 42.3 Å². The highest BCUT2D eigenvalue weighted by atomic mass is 16.5. The number of aryl methyl sites for hydroxylation is 1. The average Bonchev–Trinajstić information content (AvgIpc) is 3.16. The van der Waals surface area contributed by atoms with Crippen molar-refractivity contribution in [2.45, 2.75) is 51.5 Å².